The van der Waals surface area contributed by atoms with E-state index in [2.05, 4.69) is 4.98 Å². The van der Waals surface area contributed by atoms with Crippen LogP contribution in [0.4, 0.5) is 14.5 Å². The Kier molecular flexibility index (Phi) is 6.51. The molecule has 1 heterocycles. The molecule has 0 fully saturated rings. The van der Waals surface area contributed by atoms with Gasteiger partial charge in [-0.1, -0.05) is 36.4 Å². The fourth-order valence-corrected chi connectivity index (χ4v) is 3.24. The van der Waals surface area contributed by atoms with Gasteiger partial charge in [0.2, 0.25) is 0 Å². The molecule has 168 valence electrons. The molecule has 0 saturated heterocycles. The molecule has 0 amide bonds. The normalized spacial score (nSPS) is 10.7. The highest BCUT2D eigenvalue weighted by Crippen LogP contribution is 2.32. The van der Waals surface area contributed by atoms with E-state index in [-0.39, 0.29) is 11.8 Å². The van der Waals surface area contributed by atoms with Gasteiger partial charge in [-0.3, -0.25) is 0 Å². The summed E-state index contributed by atoms with van der Waals surface area (Å²) >= 11 is 0. The summed E-state index contributed by atoms with van der Waals surface area (Å²) in [6.45, 7) is 0.426. The Hall–Kier alpha value is -3.97. The lowest BCUT2D eigenvalue weighted by atomic mass is 10.0. The molecule has 3 aromatic carbocycles. The topological polar surface area (TPSA) is 60.6 Å². The molecule has 5 nitrogen and oxygen atoms in total. The molecule has 0 saturated carbocycles. The maximum absolute atomic E-state index is 14.4. The average Bonchev–Trinajstić information content (AvgIpc) is 2.82. The highest BCUT2D eigenvalue weighted by Gasteiger charge is 2.16. The summed E-state index contributed by atoms with van der Waals surface area (Å²) in [6, 6.07) is 22.6. The van der Waals surface area contributed by atoms with Gasteiger partial charge in [-0.25, -0.2) is 8.78 Å². The Balaban J connectivity index is 1.61. The van der Waals surface area contributed by atoms with E-state index in [9.17, 15) is 8.78 Å². The second-order valence-electron chi connectivity index (χ2n) is 7.59. The number of hydrogen-bond acceptors (Lipinski definition) is 5. The van der Waals surface area contributed by atoms with Gasteiger partial charge < -0.3 is 20.1 Å². The van der Waals surface area contributed by atoms with Gasteiger partial charge in [0, 0.05) is 38.5 Å². The maximum atomic E-state index is 14.4. The van der Waals surface area contributed by atoms with Crippen LogP contribution in [0.5, 0.6) is 23.3 Å². The van der Waals surface area contributed by atoms with E-state index in [0.29, 0.717) is 24.1 Å². The van der Waals surface area contributed by atoms with Crippen LogP contribution in [0.15, 0.2) is 78.9 Å². The number of hydrogen-bond donors (Lipinski definition) is 1. The molecule has 33 heavy (non-hydrogen) atoms. The fourth-order valence-electron chi connectivity index (χ4n) is 3.24. The third-order valence-electron chi connectivity index (χ3n) is 4.96. The first kappa shape index (κ1) is 22.2. The zero-order valence-electron chi connectivity index (χ0n) is 18.3. The molecule has 1 aromatic heterocycles. The number of rotatable bonds is 7. The van der Waals surface area contributed by atoms with E-state index in [1.54, 1.807) is 36.4 Å². The maximum Gasteiger partial charge on any atom is 0.259 e. The molecule has 7 heteroatoms. The van der Waals surface area contributed by atoms with E-state index >= 15 is 0 Å². The van der Waals surface area contributed by atoms with Crippen LogP contribution in [0.2, 0.25) is 0 Å². The second-order valence-corrected chi connectivity index (χ2v) is 7.59. The quantitative estimate of drug-likeness (QED) is 0.369. The molecular weight excluding hydrogens is 424 g/mol. The summed E-state index contributed by atoms with van der Waals surface area (Å²) in [7, 11) is 3.75. The largest absolute Gasteiger partial charge is 0.436 e. The van der Waals surface area contributed by atoms with Gasteiger partial charge in [0.1, 0.15) is 11.5 Å². The number of nitrogens with zero attached hydrogens (tertiary/aromatic N) is 2. The monoisotopic (exact) mass is 447 g/mol. The summed E-state index contributed by atoms with van der Waals surface area (Å²) in [5, 5.41) is 0. The minimum absolute atomic E-state index is 0.351. The molecule has 0 aliphatic heterocycles. The van der Waals surface area contributed by atoms with E-state index in [1.165, 1.54) is 0 Å². The standard InChI is InChI=1S/C26H23F2N3O2/c1-31(2)20-9-5-11-22(14-20)33-26-24(28)15-23(27)25(30-26)32-21-10-4-8-19(13-21)18-7-3-6-17(12-18)16-29/h3-15H,16,29H2,1-2H3. The van der Waals surface area contributed by atoms with Gasteiger partial charge >= 0.3 is 0 Å². The molecule has 4 aromatic rings. The van der Waals surface area contributed by atoms with Crippen molar-refractivity contribution in [2.24, 2.45) is 5.73 Å². The minimum Gasteiger partial charge on any atom is -0.436 e. The highest BCUT2D eigenvalue weighted by molar-refractivity contribution is 5.66. The first-order valence-corrected chi connectivity index (χ1v) is 10.3. The van der Waals surface area contributed by atoms with Crippen LogP contribution in [0, 0.1) is 11.6 Å². The first-order chi connectivity index (χ1) is 15.9. The number of pyridine rings is 1. The number of benzene rings is 3. The predicted molar refractivity (Wildman–Crippen MR) is 125 cm³/mol. The molecule has 0 aliphatic rings. The molecule has 4 rings (SSSR count). The molecule has 0 unspecified atom stereocenters. The molecule has 0 bridgehead atoms. The number of nitrogens with two attached hydrogens (primary N) is 1. The van der Waals surface area contributed by atoms with Crippen LogP contribution >= 0.6 is 0 Å². The molecule has 2 N–H and O–H groups in total. The van der Waals surface area contributed by atoms with Crippen molar-refractivity contribution in [2.45, 2.75) is 6.54 Å². The molecular formula is C26H23F2N3O2. The van der Waals surface area contributed by atoms with Crippen molar-refractivity contribution in [1.82, 2.24) is 4.98 Å². The Morgan fingerprint density at radius 3 is 1.97 bits per heavy atom. The smallest absolute Gasteiger partial charge is 0.259 e. The zero-order valence-corrected chi connectivity index (χ0v) is 18.3. The van der Waals surface area contributed by atoms with Crippen molar-refractivity contribution in [1.29, 1.82) is 0 Å². The van der Waals surface area contributed by atoms with E-state index < -0.39 is 11.6 Å². The number of anilines is 1. The lowest BCUT2D eigenvalue weighted by molar-refractivity contribution is 0.377. The van der Waals surface area contributed by atoms with Gasteiger partial charge in [-0.2, -0.15) is 4.98 Å². The van der Waals surface area contributed by atoms with E-state index in [0.717, 1.165) is 22.4 Å². The fraction of sp³-hybridized carbons (Fsp3) is 0.115. The first-order valence-electron chi connectivity index (χ1n) is 10.3. The van der Waals surface area contributed by atoms with Crippen molar-refractivity contribution in [2.75, 3.05) is 19.0 Å². The number of aromatic nitrogens is 1. The Labute approximate surface area is 191 Å². The van der Waals surface area contributed by atoms with Gasteiger partial charge in [0.15, 0.2) is 11.6 Å². The minimum atomic E-state index is -0.933. The van der Waals surface area contributed by atoms with Crippen molar-refractivity contribution in [3.05, 3.63) is 96.1 Å². The van der Waals surface area contributed by atoms with Crippen LogP contribution in [-0.2, 0) is 6.54 Å². The van der Waals surface area contributed by atoms with Crippen molar-refractivity contribution in [3.63, 3.8) is 0 Å². The Bertz CT molecular complexity index is 1280. The Morgan fingerprint density at radius 2 is 1.33 bits per heavy atom. The van der Waals surface area contributed by atoms with Crippen molar-refractivity contribution in [3.8, 4) is 34.4 Å². The summed E-state index contributed by atoms with van der Waals surface area (Å²) in [5.74, 6) is -1.91. The van der Waals surface area contributed by atoms with Gasteiger partial charge in [-0.15, -0.1) is 0 Å². The lowest BCUT2D eigenvalue weighted by Crippen LogP contribution is -2.08. The lowest BCUT2D eigenvalue weighted by Gasteiger charge is -2.14. The summed E-state index contributed by atoms with van der Waals surface area (Å²) in [6.07, 6.45) is 0. The average molecular weight is 447 g/mol. The zero-order chi connectivity index (χ0) is 23.4. The van der Waals surface area contributed by atoms with Crippen molar-refractivity contribution < 1.29 is 18.3 Å². The SMILES string of the molecule is CN(C)c1cccc(Oc2nc(Oc3cccc(-c4cccc(CN)c4)c3)c(F)cc2F)c1. The van der Waals surface area contributed by atoms with Gasteiger partial charge in [-0.05, 0) is 47.0 Å². The summed E-state index contributed by atoms with van der Waals surface area (Å²) in [4.78, 5) is 5.82. The third-order valence-corrected chi connectivity index (χ3v) is 4.96. The second kappa shape index (κ2) is 9.67. The van der Waals surface area contributed by atoms with Crippen LogP contribution in [0.3, 0.4) is 0 Å². The number of halogens is 2. The van der Waals surface area contributed by atoms with E-state index in [4.69, 9.17) is 15.2 Å². The Morgan fingerprint density at radius 1 is 0.758 bits per heavy atom. The van der Waals surface area contributed by atoms with Crippen LogP contribution in [0.25, 0.3) is 11.1 Å². The van der Waals surface area contributed by atoms with Crippen molar-refractivity contribution >= 4 is 5.69 Å². The van der Waals surface area contributed by atoms with E-state index in [1.807, 2.05) is 55.4 Å². The summed E-state index contributed by atoms with van der Waals surface area (Å²) in [5.41, 5.74) is 9.39. The molecule has 0 atom stereocenters. The highest BCUT2D eigenvalue weighted by atomic mass is 19.1. The molecule has 0 radical (unpaired) electrons. The molecule has 0 spiro atoms. The summed E-state index contributed by atoms with van der Waals surface area (Å²) < 4.78 is 40.0. The van der Waals surface area contributed by atoms with Crippen LogP contribution in [-0.4, -0.2) is 19.1 Å². The van der Waals surface area contributed by atoms with Gasteiger partial charge in [0.25, 0.3) is 11.8 Å². The van der Waals surface area contributed by atoms with Crippen LogP contribution in [0.1, 0.15) is 5.56 Å². The van der Waals surface area contributed by atoms with Gasteiger partial charge in [0.05, 0.1) is 0 Å². The number of ether oxygens (including phenoxy) is 2. The molecule has 0 aliphatic carbocycles. The van der Waals surface area contributed by atoms with Crippen LogP contribution < -0.4 is 20.1 Å². The predicted octanol–water partition coefficient (Wildman–Crippen LogP) is 6.14. The third kappa shape index (κ3) is 5.27.